The molecular weight excluding hydrogens is 229 g/mol. The Morgan fingerprint density at radius 1 is 1.40 bits per heavy atom. The summed E-state index contributed by atoms with van der Waals surface area (Å²) in [5.41, 5.74) is 8.47. The molecule has 0 unspecified atom stereocenters. The van der Waals surface area contributed by atoms with Gasteiger partial charge in [-0.05, 0) is 42.9 Å². The minimum absolute atomic E-state index is 0. The Hall–Kier alpha value is -0.240. The van der Waals surface area contributed by atoms with Crippen molar-refractivity contribution in [2.45, 2.75) is 32.2 Å². The van der Waals surface area contributed by atoms with E-state index in [1.165, 1.54) is 24.8 Å². The van der Waals surface area contributed by atoms with Crippen molar-refractivity contribution in [3.8, 4) is 0 Å². The van der Waals surface area contributed by atoms with Crippen molar-refractivity contribution in [1.82, 2.24) is 0 Å². The largest absolute Gasteiger partial charge is 0.324 e. The van der Waals surface area contributed by atoms with Crippen molar-refractivity contribution < 1.29 is 0 Å². The zero-order valence-electron chi connectivity index (χ0n) is 8.87. The third kappa shape index (κ3) is 2.66. The van der Waals surface area contributed by atoms with Gasteiger partial charge in [-0.2, -0.15) is 0 Å². The predicted molar refractivity (Wildman–Crippen MR) is 67.7 cm³/mol. The molecule has 1 fully saturated rings. The number of benzene rings is 1. The number of hydrogen-bond acceptors (Lipinski definition) is 1. The minimum atomic E-state index is 0. The number of halogens is 2. The van der Waals surface area contributed by atoms with Crippen molar-refractivity contribution in [2.24, 2.45) is 11.7 Å². The molecule has 3 heteroatoms. The Bertz CT molecular complexity index is 334. The molecule has 0 spiro atoms. The number of nitrogens with two attached hydrogens (primary N) is 1. The Morgan fingerprint density at radius 3 is 2.53 bits per heavy atom. The molecule has 1 aliphatic rings. The Kier molecular flexibility index (Phi) is 4.45. The van der Waals surface area contributed by atoms with E-state index >= 15 is 0 Å². The molecule has 2 N–H and O–H groups in total. The van der Waals surface area contributed by atoms with Gasteiger partial charge in [0.05, 0.1) is 0 Å². The summed E-state index contributed by atoms with van der Waals surface area (Å²) in [6.45, 7) is 2.01. The Morgan fingerprint density at radius 2 is 2.07 bits per heavy atom. The quantitative estimate of drug-likeness (QED) is 0.842. The summed E-state index contributed by atoms with van der Waals surface area (Å²) in [5, 5.41) is 0.831. The molecule has 1 saturated carbocycles. The zero-order valence-corrected chi connectivity index (χ0v) is 10.4. The molecule has 0 aliphatic heterocycles. The zero-order chi connectivity index (χ0) is 10.1. The van der Waals surface area contributed by atoms with E-state index in [2.05, 4.69) is 12.1 Å². The fraction of sp³-hybridized carbons (Fsp3) is 0.500. The van der Waals surface area contributed by atoms with E-state index in [4.69, 9.17) is 17.3 Å². The lowest BCUT2D eigenvalue weighted by Gasteiger charge is -2.31. The number of rotatable bonds is 2. The van der Waals surface area contributed by atoms with Crippen LogP contribution in [0.15, 0.2) is 18.2 Å². The molecule has 1 atom stereocenters. The van der Waals surface area contributed by atoms with E-state index in [0.717, 1.165) is 10.6 Å². The van der Waals surface area contributed by atoms with Gasteiger partial charge in [-0.3, -0.25) is 0 Å². The highest BCUT2D eigenvalue weighted by molar-refractivity contribution is 6.31. The van der Waals surface area contributed by atoms with Crippen LogP contribution < -0.4 is 5.73 Å². The van der Waals surface area contributed by atoms with Crippen LogP contribution in [0, 0.1) is 12.8 Å². The molecular formula is C12H17Cl2N. The van der Waals surface area contributed by atoms with Crippen LogP contribution in [-0.2, 0) is 0 Å². The highest BCUT2D eigenvalue weighted by atomic mass is 35.5. The van der Waals surface area contributed by atoms with Crippen LogP contribution in [0.3, 0.4) is 0 Å². The summed E-state index contributed by atoms with van der Waals surface area (Å²) in [7, 11) is 0. The summed E-state index contributed by atoms with van der Waals surface area (Å²) in [5.74, 6) is 0.675. The van der Waals surface area contributed by atoms with E-state index in [1.807, 2.05) is 13.0 Å². The van der Waals surface area contributed by atoms with Crippen molar-refractivity contribution in [1.29, 1.82) is 0 Å². The number of hydrogen-bond donors (Lipinski definition) is 1. The van der Waals surface area contributed by atoms with Gasteiger partial charge in [-0.1, -0.05) is 30.2 Å². The summed E-state index contributed by atoms with van der Waals surface area (Å²) < 4.78 is 0. The first-order valence-corrected chi connectivity index (χ1v) is 5.58. The van der Waals surface area contributed by atoms with Crippen molar-refractivity contribution in [2.75, 3.05) is 0 Å². The van der Waals surface area contributed by atoms with E-state index in [1.54, 1.807) is 0 Å². The second-order valence-electron chi connectivity index (χ2n) is 4.23. The molecule has 0 bridgehead atoms. The molecule has 84 valence electrons. The molecule has 0 saturated heterocycles. The highest BCUT2D eigenvalue weighted by Gasteiger charge is 2.25. The average molecular weight is 246 g/mol. The fourth-order valence-electron chi connectivity index (χ4n) is 1.89. The lowest BCUT2D eigenvalue weighted by molar-refractivity contribution is 0.264. The van der Waals surface area contributed by atoms with Gasteiger partial charge < -0.3 is 5.73 Å². The lowest BCUT2D eigenvalue weighted by Crippen LogP contribution is -2.26. The second kappa shape index (κ2) is 5.20. The molecule has 0 radical (unpaired) electrons. The van der Waals surface area contributed by atoms with Gasteiger partial charge in [0.15, 0.2) is 0 Å². The van der Waals surface area contributed by atoms with E-state index in [9.17, 15) is 0 Å². The third-order valence-corrected chi connectivity index (χ3v) is 3.65. The van der Waals surface area contributed by atoms with E-state index < -0.39 is 0 Å². The fourth-order valence-corrected chi connectivity index (χ4v) is 2.08. The molecule has 0 heterocycles. The maximum absolute atomic E-state index is 6.16. The SMILES string of the molecule is Cc1ccc([C@H](N)C2CCC2)cc1Cl.Cl. The van der Waals surface area contributed by atoms with Crippen LogP contribution in [0.5, 0.6) is 0 Å². The molecule has 1 aromatic carbocycles. The van der Waals surface area contributed by atoms with E-state index in [-0.39, 0.29) is 18.4 Å². The summed E-state index contributed by atoms with van der Waals surface area (Å²) in [6.07, 6.45) is 3.87. The van der Waals surface area contributed by atoms with Gasteiger partial charge in [0.2, 0.25) is 0 Å². The molecule has 1 aliphatic carbocycles. The predicted octanol–water partition coefficient (Wildman–Crippen LogP) is 3.87. The minimum Gasteiger partial charge on any atom is -0.324 e. The van der Waals surface area contributed by atoms with Gasteiger partial charge in [-0.25, -0.2) is 0 Å². The monoisotopic (exact) mass is 245 g/mol. The third-order valence-electron chi connectivity index (χ3n) is 3.24. The summed E-state index contributed by atoms with van der Waals surface area (Å²) in [6, 6.07) is 6.35. The van der Waals surface area contributed by atoms with Crippen LogP contribution in [0.2, 0.25) is 5.02 Å². The van der Waals surface area contributed by atoms with Crippen molar-refractivity contribution in [3.05, 3.63) is 34.3 Å². The standard InChI is InChI=1S/C12H16ClN.ClH/c1-8-5-6-10(7-11(8)13)12(14)9-3-2-4-9;/h5-7,9,12H,2-4,14H2,1H3;1H/t12-;/m1./s1. The Balaban J connectivity index is 0.00000112. The van der Waals surface area contributed by atoms with E-state index in [0.29, 0.717) is 5.92 Å². The molecule has 1 aromatic rings. The summed E-state index contributed by atoms with van der Waals surface area (Å²) in [4.78, 5) is 0. The normalized spacial score (nSPS) is 17.8. The topological polar surface area (TPSA) is 26.0 Å². The first kappa shape index (κ1) is 12.8. The lowest BCUT2D eigenvalue weighted by atomic mass is 9.77. The van der Waals surface area contributed by atoms with Crippen LogP contribution in [0.25, 0.3) is 0 Å². The van der Waals surface area contributed by atoms with Crippen LogP contribution in [0.1, 0.15) is 36.4 Å². The smallest absolute Gasteiger partial charge is 0.0438 e. The maximum atomic E-state index is 6.16. The molecule has 1 nitrogen and oxygen atoms in total. The average Bonchev–Trinajstić information content (AvgIpc) is 2.06. The van der Waals surface area contributed by atoms with Gasteiger partial charge in [0.1, 0.15) is 0 Å². The first-order valence-electron chi connectivity index (χ1n) is 5.20. The number of aryl methyl sites for hydroxylation is 1. The second-order valence-corrected chi connectivity index (χ2v) is 4.63. The summed E-state index contributed by atoms with van der Waals surface area (Å²) >= 11 is 6.07. The molecule has 2 rings (SSSR count). The van der Waals surface area contributed by atoms with Crippen LogP contribution >= 0.6 is 24.0 Å². The van der Waals surface area contributed by atoms with Gasteiger partial charge in [0.25, 0.3) is 0 Å². The van der Waals surface area contributed by atoms with Crippen molar-refractivity contribution >= 4 is 24.0 Å². The van der Waals surface area contributed by atoms with Crippen molar-refractivity contribution in [3.63, 3.8) is 0 Å². The molecule has 0 amide bonds. The highest BCUT2D eigenvalue weighted by Crippen LogP contribution is 2.36. The Labute approximate surface area is 102 Å². The van der Waals surface area contributed by atoms with Gasteiger partial charge in [0, 0.05) is 11.1 Å². The molecule has 0 aromatic heterocycles. The van der Waals surface area contributed by atoms with Crippen LogP contribution in [-0.4, -0.2) is 0 Å². The first-order chi connectivity index (χ1) is 6.68. The molecule has 15 heavy (non-hydrogen) atoms. The van der Waals surface area contributed by atoms with Gasteiger partial charge >= 0.3 is 0 Å². The maximum Gasteiger partial charge on any atom is 0.0438 e. The van der Waals surface area contributed by atoms with Crippen LogP contribution in [0.4, 0.5) is 0 Å². The van der Waals surface area contributed by atoms with Gasteiger partial charge in [-0.15, -0.1) is 12.4 Å².